The number of carboxylic acid groups (broad SMARTS) is 1. The van der Waals surface area contributed by atoms with Gasteiger partial charge in [0.15, 0.2) is 0 Å². The molecule has 0 heterocycles. The van der Waals surface area contributed by atoms with E-state index in [-0.39, 0.29) is 11.8 Å². The van der Waals surface area contributed by atoms with Crippen molar-refractivity contribution in [1.29, 1.82) is 0 Å². The molecule has 0 spiro atoms. The first kappa shape index (κ1) is 17.9. The molecule has 0 aromatic carbocycles. The highest BCUT2D eigenvalue weighted by atomic mass is 16.4. The van der Waals surface area contributed by atoms with Crippen molar-refractivity contribution in [3.05, 3.63) is 0 Å². The summed E-state index contributed by atoms with van der Waals surface area (Å²) in [5, 5.41) is 11.6. The van der Waals surface area contributed by atoms with Crippen LogP contribution in [0.1, 0.15) is 52.9 Å². The molecule has 1 unspecified atom stereocenters. The van der Waals surface area contributed by atoms with Crippen LogP contribution in [0.15, 0.2) is 0 Å². The van der Waals surface area contributed by atoms with Crippen LogP contribution in [0.5, 0.6) is 0 Å². The Balaban J connectivity index is 4.15. The molecule has 19 heavy (non-hydrogen) atoms. The summed E-state index contributed by atoms with van der Waals surface area (Å²) in [6, 6.07) is -0.776. The maximum absolute atomic E-state index is 11.8. The van der Waals surface area contributed by atoms with Crippen LogP contribution in [0.3, 0.4) is 0 Å². The third-order valence-electron chi connectivity index (χ3n) is 3.27. The quantitative estimate of drug-likeness (QED) is 0.565. The molecular weight excluding hydrogens is 244 g/mol. The fraction of sp³-hybridized carbons (Fsp3) is 0.857. The van der Waals surface area contributed by atoms with Crippen LogP contribution in [-0.2, 0) is 9.59 Å². The SMILES string of the molecule is CCC(CCN)CCC(=O)N[C@H](CC(C)C)C(=O)O. The van der Waals surface area contributed by atoms with Gasteiger partial charge in [-0.3, -0.25) is 4.79 Å². The number of carbonyl (C=O) groups is 2. The Bertz CT molecular complexity index is 280. The van der Waals surface area contributed by atoms with Crippen molar-refractivity contribution in [3.8, 4) is 0 Å². The number of carboxylic acids is 1. The van der Waals surface area contributed by atoms with E-state index >= 15 is 0 Å². The second kappa shape index (κ2) is 9.78. The molecule has 0 rings (SSSR count). The van der Waals surface area contributed by atoms with Crippen LogP contribution in [0.2, 0.25) is 0 Å². The molecule has 0 radical (unpaired) electrons. The normalized spacial score (nSPS) is 14.2. The highest BCUT2D eigenvalue weighted by molar-refractivity contribution is 5.83. The van der Waals surface area contributed by atoms with Gasteiger partial charge in [0, 0.05) is 6.42 Å². The van der Waals surface area contributed by atoms with Crippen LogP contribution in [0.25, 0.3) is 0 Å². The minimum atomic E-state index is -0.962. The van der Waals surface area contributed by atoms with E-state index in [1.54, 1.807) is 0 Å². The van der Waals surface area contributed by atoms with E-state index in [1.165, 1.54) is 0 Å². The third-order valence-corrected chi connectivity index (χ3v) is 3.27. The van der Waals surface area contributed by atoms with Crippen molar-refractivity contribution in [3.63, 3.8) is 0 Å². The number of nitrogens with one attached hydrogen (secondary N) is 1. The number of hydrogen-bond donors (Lipinski definition) is 3. The largest absolute Gasteiger partial charge is 0.480 e. The van der Waals surface area contributed by atoms with E-state index in [1.807, 2.05) is 13.8 Å². The summed E-state index contributed by atoms with van der Waals surface area (Å²) in [7, 11) is 0. The van der Waals surface area contributed by atoms with Gasteiger partial charge in [0.1, 0.15) is 6.04 Å². The van der Waals surface area contributed by atoms with E-state index in [9.17, 15) is 9.59 Å². The van der Waals surface area contributed by atoms with Gasteiger partial charge in [-0.15, -0.1) is 0 Å². The Morgan fingerprint density at radius 3 is 2.32 bits per heavy atom. The molecule has 0 saturated heterocycles. The second-order valence-electron chi connectivity index (χ2n) is 5.48. The molecular formula is C14H28N2O3. The van der Waals surface area contributed by atoms with Crippen molar-refractivity contribution in [2.45, 2.75) is 58.9 Å². The molecule has 0 bridgehead atoms. The Labute approximate surface area is 115 Å². The summed E-state index contributed by atoms with van der Waals surface area (Å²) in [4.78, 5) is 22.8. The Kier molecular flexibility index (Phi) is 9.21. The summed E-state index contributed by atoms with van der Waals surface area (Å²) in [5.74, 6) is -0.453. The topological polar surface area (TPSA) is 92.4 Å². The summed E-state index contributed by atoms with van der Waals surface area (Å²) >= 11 is 0. The van der Waals surface area contributed by atoms with E-state index < -0.39 is 12.0 Å². The van der Waals surface area contributed by atoms with E-state index in [0.29, 0.717) is 25.3 Å². The van der Waals surface area contributed by atoms with Crippen LogP contribution in [0, 0.1) is 11.8 Å². The first-order valence-corrected chi connectivity index (χ1v) is 7.12. The zero-order chi connectivity index (χ0) is 14.8. The molecule has 5 nitrogen and oxygen atoms in total. The molecule has 0 fully saturated rings. The lowest BCUT2D eigenvalue weighted by Crippen LogP contribution is -2.41. The number of amides is 1. The lowest BCUT2D eigenvalue weighted by Gasteiger charge is -2.18. The van der Waals surface area contributed by atoms with Crippen molar-refractivity contribution in [1.82, 2.24) is 5.32 Å². The number of hydrogen-bond acceptors (Lipinski definition) is 3. The summed E-state index contributed by atoms with van der Waals surface area (Å²) < 4.78 is 0. The van der Waals surface area contributed by atoms with Gasteiger partial charge in [-0.2, -0.15) is 0 Å². The summed E-state index contributed by atoms with van der Waals surface area (Å²) in [6.45, 7) is 6.59. The maximum Gasteiger partial charge on any atom is 0.326 e. The standard InChI is InChI=1S/C14H28N2O3/c1-4-11(7-8-15)5-6-13(17)16-12(14(18)19)9-10(2)3/h10-12H,4-9,15H2,1-3H3,(H,16,17)(H,18,19)/t11?,12-/m1/s1. The molecule has 112 valence electrons. The van der Waals surface area contributed by atoms with Gasteiger partial charge in [-0.1, -0.05) is 27.2 Å². The van der Waals surface area contributed by atoms with E-state index in [4.69, 9.17) is 10.8 Å². The zero-order valence-corrected chi connectivity index (χ0v) is 12.3. The number of carbonyl (C=O) groups excluding carboxylic acids is 1. The molecule has 0 saturated carbocycles. The molecule has 0 aliphatic carbocycles. The minimum absolute atomic E-state index is 0.177. The number of nitrogens with two attached hydrogens (primary N) is 1. The highest BCUT2D eigenvalue weighted by Crippen LogP contribution is 2.14. The Hall–Kier alpha value is -1.10. The van der Waals surface area contributed by atoms with Crippen molar-refractivity contribution in [2.24, 2.45) is 17.6 Å². The molecule has 1 amide bonds. The molecule has 4 N–H and O–H groups in total. The van der Waals surface area contributed by atoms with Crippen LogP contribution in [-0.4, -0.2) is 29.6 Å². The van der Waals surface area contributed by atoms with Gasteiger partial charge < -0.3 is 16.2 Å². The molecule has 0 aliphatic rings. The van der Waals surface area contributed by atoms with Gasteiger partial charge >= 0.3 is 5.97 Å². The zero-order valence-electron chi connectivity index (χ0n) is 12.3. The molecule has 0 aromatic heterocycles. The monoisotopic (exact) mass is 272 g/mol. The third kappa shape index (κ3) is 8.59. The molecule has 2 atom stereocenters. The fourth-order valence-electron chi connectivity index (χ4n) is 2.08. The second-order valence-corrected chi connectivity index (χ2v) is 5.48. The average Bonchev–Trinajstić information content (AvgIpc) is 2.32. The predicted octanol–water partition coefficient (Wildman–Crippen LogP) is 1.76. The van der Waals surface area contributed by atoms with Crippen molar-refractivity contribution >= 4 is 11.9 Å². The van der Waals surface area contributed by atoms with Crippen LogP contribution < -0.4 is 11.1 Å². The van der Waals surface area contributed by atoms with Crippen molar-refractivity contribution in [2.75, 3.05) is 6.54 Å². The van der Waals surface area contributed by atoms with Gasteiger partial charge in [-0.25, -0.2) is 4.79 Å². The lowest BCUT2D eigenvalue weighted by atomic mass is 9.96. The van der Waals surface area contributed by atoms with E-state index in [0.717, 1.165) is 19.3 Å². The number of aliphatic carboxylic acids is 1. The van der Waals surface area contributed by atoms with Gasteiger partial charge in [0.05, 0.1) is 0 Å². The molecule has 5 heteroatoms. The molecule has 0 aromatic rings. The highest BCUT2D eigenvalue weighted by Gasteiger charge is 2.21. The number of rotatable bonds is 10. The van der Waals surface area contributed by atoms with Gasteiger partial charge in [0.2, 0.25) is 5.91 Å². The maximum atomic E-state index is 11.8. The molecule has 0 aliphatic heterocycles. The van der Waals surface area contributed by atoms with Gasteiger partial charge in [-0.05, 0) is 37.6 Å². The van der Waals surface area contributed by atoms with Crippen molar-refractivity contribution < 1.29 is 14.7 Å². The summed E-state index contributed by atoms with van der Waals surface area (Å²) in [5.41, 5.74) is 5.51. The fourth-order valence-corrected chi connectivity index (χ4v) is 2.08. The lowest BCUT2D eigenvalue weighted by molar-refractivity contribution is -0.142. The predicted molar refractivity (Wildman–Crippen MR) is 75.7 cm³/mol. The smallest absolute Gasteiger partial charge is 0.326 e. The van der Waals surface area contributed by atoms with Crippen LogP contribution >= 0.6 is 0 Å². The minimum Gasteiger partial charge on any atom is -0.480 e. The average molecular weight is 272 g/mol. The first-order valence-electron chi connectivity index (χ1n) is 7.12. The Morgan fingerprint density at radius 2 is 1.89 bits per heavy atom. The summed E-state index contributed by atoms with van der Waals surface area (Å²) in [6.07, 6.45) is 3.52. The van der Waals surface area contributed by atoms with E-state index in [2.05, 4.69) is 12.2 Å². The van der Waals surface area contributed by atoms with Gasteiger partial charge in [0.25, 0.3) is 0 Å². The first-order chi connectivity index (χ1) is 8.90. The Morgan fingerprint density at radius 1 is 1.26 bits per heavy atom. The van der Waals surface area contributed by atoms with Crippen LogP contribution in [0.4, 0.5) is 0 Å².